The summed E-state index contributed by atoms with van der Waals surface area (Å²) in [6.45, 7) is 10.0. The number of nitrogens with one attached hydrogen (secondary N) is 1. The first-order valence-electron chi connectivity index (χ1n) is 12.0. The molecule has 0 heterocycles. The first-order chi connectivity index (χ1) is 16.3. The van der Waals surface area contributed by atoms with E-state index in [-0.39, 0.29) is 11.7 Å². The van der Waals surface area contributed by atoms with Gasteiger partial charge >= 0.3 is 0 Å². The number of likely N-dealkylation sites (N-methyl/N-ethyl adjacent to an activating group) is 1. The number of ether oxygens (including phenoxy) is 2. The number of quaternary nitrogens is 1. The fraction of sp³-hybridized carbons (Fsp3) is 0.429. The Morgan fingerprint density at radius 1 is 1.09 bits per heavy atom. The van der Waals surface area contributed by atoms with Gasteiger partial charge in [0.15, 0.2) is 23.8 Å². The number of para-hydroxylation sites is 1. The summed E-state index contributed by atoms with van der Waals surface area (Å²) >= 11 is 0. The van der Waals surface area contributed by atoms with E-state index < -0.39 is 0 Å². The van der Waals surface area contributed by atoms with E-state index in [1.807, 2.05) is 45.3 Å². The van der Waals surface area contributed by atoms with E-state index in [9.17, 15) is 9.59 Å². The van der Waals surface area contributed by atoms with Crippen LogP contribution < -0.4 is 14.8 Å². The smallest absolute Gasteiger partial charge is 0.275 e. The molecule has 34 heavy (non-hydrogen) atoms. The standard InChI is InChI=1S/C28H38N2O4/c1-6-9-18-29-27(32)21-30(4,5)19-20-33-28-23(11-7-2)12-10-13-26(28)34-24-16-14-22(15-17-24)25(31)8-3/h7,10,12-17H,2,6,8-9,11,18-21H2,1,3-5H3/p+1. The highest BCUT2D eigenvalue weighted by Gasteiger charge is 2.21. The molecule has 184 valence electrons. The molecule has 0 saturated heterocycles. The first kappa shape index (κ1) is 27.1. The summed E-state index contributed by atoms with van der Waals surface area (Å²) in [6, 6.07) is 12.9. The van der Waals surface area contributed by atoms with E-state index in [0.717, 1.165) is 24.9 Å². The highest BCUT2D eigenvalue weighted by Crippen LogP contribution is 2.35. The molecule has 2 rings (SSSR count). The summed E-state index contributed by atoms with van der Waals surface area (Å²) in [7, 11) is 4.05. The van der Waals surface area contributed by atoms with Crippen molar-refractivity contribution < 1.29 is 23.5 Å². The number of Topliss-reactive ketones (excluding diaryl/α,β-unsaturated/α-hetero) is 1. The third-order valence-electron chi connectivity index (χ3n) is 5.52. The van der Waals surface area contributed by atoms with Gasteiger partial charge in [-0.2, -0.15) is 0 Å². The molecule has 0 aromatic heterocycles. The average molecular weight is 468 g/mol. The lowest BCUT2D eigenvalue weighted by atomic mass is 10.1. The van der Waals surface area contributed by atoms with Crippen molar-refractivity contribution in [3.8, 4) is 17.2 Å². The lowest BCUT2D eigenvalue weighted by Gasteiger charge is -2.29. The monoisotopic (exact) mass is 467 g/mol. The molecule has 0 fully saturated rings. The van der Waals surface area contributed by atoms with Gasteiger partial charge in [0.2, 0.25) is 0 Å². The Kier molecular flexibility index (Phi) is 10.8. The Balaban J connectivity index is 2.08. The summed E-state index contributed by atoms with van der Waals surface area (Å²) in [5.74, 6) is 2.07. The van der Waals surface area contributed by atoms with Gasteiger partial charge in [-0.3, -0.25) is 9.59 Å². The molecule has 1 N–H and O–H groups in total. The number of nitrogens with zero attached hydrogens (tertiary/aromatic N) is 1. The second-order valence-corrected chi connectivity index (χ2v) is 9.01. The Hall–Kier alpha value is -3.12. The van der Waals surface area contributed by atoms with E-state index in [1.54, 1.807) is 24.3 Å². The Morgan fingerprint density at radius 2 is 1.82 bits per heavy atom. The van der Waals surface area contributed by atoms with Crippen molar-refractivity contribution in [2.45, 2.75) is 39.5 Å². The van der Waals surface area contributed by atoms with Crippen LogP contribution >= 0.6 is 0 Å². The van der Waals surface area contributed by atoms with Crippen molar-refractivity contribution in [2.24, 2.45) is 0 Å². The first-order valence-corrected chi connectivity index (χ1v) is 12.0. The van der Waals surface area contributed by atoms with Gasteiger partial charge in [0.1, 0.15) is 18.9 Å². The zero-order valence-corrected chi connectivity index (χ0v) is 21.1. The predicted molar refractivity (Wildman–Crippen MR) is 137 cm³/mol. The van der Waals surface area contributed by atoms with Crippen LogP contribution in [0.15, 0.2) is 55.1 Å². The van der Waals surface area contributed by atoms with E-state index in [1.165, 1.54) is 0 Å². The molecule has 0 spiro atoms. The number of allylic oxidation sites excluding steroid dienone is 1. The van der Waals surface area contributed by atoms with Gasteiger partial charge in [-0.1, -0.05) is 38.5 Å². The Labute approximate surface area is 204 Å². The Morgan fingerprint density at radius 3 is 2.47 bits per heavy atom. The maximum Gasteiger partial charge on any atom is 0.275 e. The minimum Gasteiger partial charge on any atom is -0.483 e. The minimum atomic E-state index is 0.0551. The van der Waals surface area contributed by atoms with Crippen molar-refractivity contribution in [1.29, 1.82) is 0 Å². The SMILES string of the molecule is C=CCc1cccc(Oc2ccc(C(=O)CC)cc2)c1OCC[N+](C)(C)CC(=O)NCCCC. The van der Waals surface area contributed by atoms with Crippen molar-refractivity contribution >= 4 is 11.7 Å². The number of hydrogen-bond donors (Lipinski definition) is 1. The molecule has 0 aliphatic rings. The molecule has 0 bridgehead atoms. The number of benzene rings is 2. The van der Waals surface area contributed by atoms with Gasteiger partial charge in [0, 0.05) is 24.1 Å². The van der Waals surface area contributed by atoms with Gasteiger partial charge in [-0.25, -0.2) is 0 Å². The molecule has 0 saturated carbocycles. The summed E-state index contributed by atoms with van der Waals surface area (Å²) in [5, 5.41) is 2.98. The second kappa shape index (κ2) is 13.6. The number of rotatable bonds is 15. The zero-order valence-electron chi connectivity index (χ0n) is 21.1. The van der Waals surface area contributed by atoms with E-state index in [0.29, 0.717) is 59.8 Å². The topological polar surface area (TPSA) is 64.6 Å². The molecule has 6 heteroatoms. The number of carbonyl (C=O) groups excluding carboxylic acids is 2. The molecule has 2 aromatic carbocycles. The molecule has 0 atom stereocenters. The number of ketones is 1. The van der Waals surface area contributed by atoms with Crippen LogP contribution in [0.5, 0.6) is 17.2 Å². The van der Waals surface area contributed by atoms with Gasteiger partial charge < -0.3 is 19.3 Å². The summed E-state index contributed by atoms with van der Waals surface area (Å²) in [4.78, 5) is 24.1. The summed E-state index contributed by atoms with van der Waals surface area (Å²) < 4.78 is 12.9. The maximum absolute atomic E-state index is 12.2. The molecular weight excluding hydrogens is 428 g/mol. The largest absolute Gasteiger partial charge is 0.483 e. The average Bonchev–Trinajstić information content (AvgIpc) is 2.80. The number of carbonyl (C=O) groups is 2. The summed E-state index contributed by atoms with van der Waals surface area (Å²) in [6.07, 6.45) is 4.99. The van der Waals surface area contributed by atoms with Crippen LogP contribution in [0.2, 0.25) is 0 Å². The normalized spacial score (nSPS) is 11.1. The van der Waals surface area contributed by atoms with Gasteiger partial charge in [0.05, 0.1) is 14.1 Å². The lowest BCUT2D eigenvalue weighted by Crippen LogP contribution is -2.49. The lowest BCUT2D eigenvalue weighted by molar-refractivity contribution is -0.882. The third kappa shape index (κ3) is 8.67. The molecule has 2 aromatic rings. The van der Waals surface area contributed by atoms with E-state index >= 15 is 0 Å². The number of amides is 1. The molecule has 0 radical (unpaired) electrons. The zero-order chi connectivity index (χ0) is 25.0. The van der Waals surface area contributed by atoms with Crippen LogP contribution in [0, 0.1) is 0 Å². The van der Waals surface area contributed by atoms with Crippen LogP contribution in [0.1, 0.15) is 49.0 Å². The quantitative estimate of drug-likeness (QED) is 0.170. The van der Waals surface area contributed by atoms with Crippen LogP contribution in [-0.2, 0) is 11.2 Å². The van der Waals surface area contributed by atoms with Crippen molar-refractivity contribution in [2.75, 3.05) is 40.3 Å². The van der Waals surface area contributed by atoms with Crippen LogP contribution in [0.3, 0.4) is 0 Å². The maximum atomic E-state index is 12.2. The second-order valence-electron chi connectivity index (χ2n) is 9.01. The van der Waals surface area contributed by atoms with Crippen molar-refractivity contribution in [3.63, 3.8) is 0 Å². The third-order valence-corrected chi connectivity index (χ3v) is 5.52. The molecule has 0 aliphatic carbocycles. The van der Waals surface area contributed by atoms with Gasteiger partial charge in [-0.05, 0) is 43.2 Å². The molecule has 6 nitrogen and oxygen atoms in total. The predicted octanol–water partition coefficient (Wildman–Crippen LogP) is 5.17. The van der Waals surface area contributed by atoms with E-state index in [4.69, 9.17) is 9.47 Å². The van der Waals surface area contributed by atoms with E-state index in [2.05, 4.69) is 18.8 Å². The van der Waals surface area contributed by atoms with Gasteiger partial charge in [-0.15, -0.1) is 6.58 Å². The number of unbranched alkanes of at least 4 members (excludes halogenated alkanes) is 1. The van der Waals surface area contributed by atoms with Crippen LogP contribution in [0.25, 0.3) is 0 Å². The Bertz CT molecular complexity index is 951. The molecule has 0 unspecified atom stereocenters. The summed E-state index contributed by atoms with van der Waals surface area (Å²) in [5.41, 5.74) is 1.65. The van der Waals surface area contributed by atoms with Crippen molar-refractivity contribution in [1.82, 2.24) is 5.32 Å². The van der Waals surface area contributed by atoms with Crippen molar-refractivity contribution in [3.05, 3.63) is 66.2 Å². The highest BCUT2D eigenvalue weighted by molar-refractivity contribution is 5.95. The fourth-order valence-electron chi connectivity index (χ4n) is 3.48. The fourth-order valence-corrected chi connectivity index (χ4v) is 3.48. The number of hydrogen-bond acceptors (Lipinski definition) is 4. The molecule has 1 amide bonds. The molecular formula is C28H39N2O4+. The minimum absolute atomic E-state index is 0.0551. The highest BCUT2D eigenvalue weighted by atomic mass is 16.5. The molecule has 0 aliphatic heterocycles. The van der Waals surface area contributed by atoms with Gasteiger partial charge in [0.25, 0.3) is 5.91 Å². The van der Waals surface area contributed by atoms with Crippen LogP contribution in [-0.4, -0.2) is 56.5 Å². The van der Waals surface area contributed by atoms with Crippen LogP contribution in [0.4, 0.5) is 0 Å².